The summed E-state index contributed by atoms with van der Waals surface area (Å²) in [4.78, 5) is 17.4. The van der Waals surface area contributed by atoms with Crippen molar-refractivity contribution in [2.45, 2.75) is 20.4 Å². The summed E-state index contributed by atoms with van der Waals surface area (Å²) in [6.07, 6.45) is 1.65. The zero-order chi connectivity index (χ0) is 21.3. The van der Waals surface area contributed by atoms with Gasteiger partial charge in [0.25, 0.3) is 5.89 Å². The van der Waals surface area contributed by atoms with Crippen molar-refractivity contribution >= 4 is 10.9 Å². The lowest BCUT2D eigenvalue weighted by atomic mass is 10.1. The van der Waals surface area contributed by atoms with Crippen molar-refractivity contribution in [2.75, 3.05) is 13.7 Å². The normalized spacial score (nSPS) is 11.1. The average molecular weight is 409 g/mol. The molecule has 0 N–H and O–H groups in total. The van der Waals surface area contributed by atoms with E-state index in [4.69, 9.17) is 14.0 Å². The number of hydrogen-bond acceptors (Lipinski definition) is 6. The Morgan fingerprint density at radius 1 is 1.13 bits per heavy atom. The molecule has 0 aliphatic heterocycles. The fourth-order valence-corrected chi connectivity index (χ4v) is 3.32. The molecule has 0 unspecified atom stereocenters. The summed E-state index contributed by atoms with van der Waals surface area (Å²) in [6, 6.07) is 9.42. The Hall–Kier alpha value is -3.68. The molecule has 30 heavy (non-hydrogen) atoms. The minimum atomic E-state index is -0.480. The van der Waals surface area contributed by atoms with Crippen molar-refractivity contribution < 1.29 is 18.4 Å². The van der Waals surface area contributed by atoms with Gasteiger partial charge < -0.3 is 18.6 Å². The van der Waals surface area contributed by atoms with E-state index in [0.29, 0.717) is 41.6 Å². The van der Waals surface area contributed by atoms with Crippen molar-refractivity contribution in [1.29, 1.82) is 0 Å². The summed E-state index contributed by atoms with van der Waals surface area (Å²) in [7, 11) is 1.55. The molecule has 2 aromatic carbocycles. The van der Waals surface area contributed by atoms with E-state index in [0.717, 1.165) is 0 Å². The molecule has 2 heterocycles. The number of rotatable bonds is 6. The van der Waals surface area contributed by atoms with Gasteiger partial charge in [0.1, 0.15) is 11.4 Å². The van der Waals surface area contributed by atoms with Crippen molar-refractivity contribution in [1.82, 2.24) is 14.7 Å². The molecule has 0 radical (unpaired) electrons. The number of fused-ring (bicyclic) bond motifs is 1. The van der Waals surface area contributed by atoms with Crippen LogP contribution in [0.5, 0.6) is 11.5 Å². The van der Waals surface area contributed by atoms with E-state index in [-0.39, 0.29) is 22.3 Å². The number of ether oxygens (including phenoxy) is 2. The second-order valence-corrected chi connectivity index (χ2v) is 6.54. The molecule has 0 atom stereocenters. The maximum atomic E-state index is 13.7. The van der Waals surface area contributed by atoms with Crippen LogP contribution in [0.1, 0.15) is 13.8 Å². The van der Waals surface area contributed by atoms with E-state index < -0.39 is 5.82 Å². The highest BCUT2D eigenvalue weighted by atomic mass is 19.1. The van der Waals surface area contributed by atoms with Crippen LogP contribution in [0.3, 0.4) is 0 Å². The first kappa shape index (κ1) is 19.6. The van der Waals surface area contributed by atoms with E-state index in [1.807, 2.05) is 18.4 Å². The van der Waals surface area contributed by atoms with Crippen LogP contribution in [0.25, 0.3) is 33.7 Å². The molecule has 0 aliphatic carbocycles. The van der Waals surface area contributed by atoms with Gasteiger partial charge in [-0.2, -0.15) is 4.98 Å². The van der Waals surface area contributed by atoms with E-state index >= 15 is 0 Å². The average Bonchev–Trinajstić information content (AvgIpc) is 3.25. The Labute approximate surface area is 171 Å². The molecular formula is C22H20FN3O4. The van der Waals surface area contributed by atoms with Crippen molar-refractivity contribution in [3.8, 4) is 34.3 Å². The van der Waals surface area contributed by atoms with Gasteiger partial charge in [-0.25, -0.2) is 4.39 Å². The van der Waals surface area contributed by atoms with Crippen LogP contribution >= 0.6 is 0 Å². The predicted molar refractivity (Wildman–Crippen MR) is 110 cm³/mol. The first-order valence-electron chi connectivity index (χ1n) is 9.53. The molecule has 0 fully saturated rings. The summed E-state index contributed by atoms with van der Waals surface area (Å²) in [5, 5.41) is 4.26. The van der Waals surface area contributed by atoms with Crippen LogP contribution in [-0.2, 0) is 6.54 Å². The Kier molecular flexibility index (Phi) is 5.22. The predicted octanol–water partition coefficient (Wildman–Crippen LogP) is 4.28. The van der Waals surface area contributed by atoms with E-state index in [9.17, 15) is 9.18 Å². The van der Waals surface area contributed by atoms with E-state index in [1.54, 1.807) is 37.6 Å². The molecule has 7 nitrogen and oxygen atoms in total. The molecule has 0 amide bonds. The molecule has 8 heteroatoms. The van der Waals surface area contributed by atoms with Gasteiger partial charge in [0.2, 0.25) is 11.3 Å². The van der Waals surface area contributed by atoms with E-state index in [2.05, 4.69) is 10.1 Å². The standard InChI is InChI=1S/C22H20FN3O4/c1-4-26-12-16(20(27)15-11-14(23)7-8-17(15)26)22-24-21(25-30-22)13-6-9-18(29-5-2)19(10-13)28-3/h6-12H,4-5H2,1-3H3. The van der Waals surface area contributed by atoms with Gasteiger partial charge in [-0.15, -0.1) is 0 Å². The SMILES string of the molecule is CCOc1ccc(-c2noc(-c3cn(CC)c4ccc(F)cc4c3=O)n2)cc1OC. The lowest BCUT2D eigenvalue weighted by Gasteiger charge is -2.10. The third kappa shape index (κ3) is 3.41. The largest absolute Gasteiger partial charge is 0.493 e. The second kappa shape index (κ2) is 7.98. The lowest BCUT2D eigenvalue weighted by Crippen LogP contribution is -2.12. The van der Waals surface area contributed by atoms with Crippen LogP contribution in [-0.4, -0.2) is 28.4 Å². The van der Waals surface area contributed by atoms with Crippen LogP contribution in [0, 0.1) is 5.82 Å². The molecule has 0 aliphatic rings. The molecular weight excluding hydrogens is 389 g/mol. The smallest absolute Gasteiger partial charge is 0.263 e. The lowest BCUT2D eigenvalue weighted by molar-refractivity contribution is 0.311. The number of methoxy groups -OCH3 is 1. The van der Waals surface area contributed by atoms with Crippen LogP contribution in [0.15, 0.2) is 51.9 Å². The molecule has 2 aromatic heterocycles. The van der Waals surface area contributed by atoms with Gasteiger partial charge in [0.15, 0.2) is 11.5 Å². The van der Waals surface area contributed by atoms with Crippen LogP contribution in [0.2, 0.25) is 0 Å². The van der Waals surface area contributed by atoms with Crippen molar-refractivity contribution in [3.63, 3.8) is 0 Å². The number of benzene rings is 2. The maximum Gasteiger partial charge on any atom is 0.263 e. The Morgan fingerprint density at radius 2 is 1.97 bits per heavy atom. The van der Waals surface area contributed by atoms with Crippen LogP contribution in [0.4, 0.5) is 4.39 Å². The summed E-state index contributed by atoms with van der Waals surface area (Å²) in [5.74, 6) is 1.03. The highest BCUT2D eigenvalue weighted by molar-refractivity contribution is 5.83. The molecule has 154 valence electrons. The zero-order valence-corrected chi connectivity index (χ0v) is 16.8. The van der Waals surface area contributed by atoms with Gasteiger partial charge in [-0.05, 0) is 50.2 Å². The van der Waals surface area contributed by atoms with Gasteiger partial charge in [-0.1, -0.05) is 5.16 Å². The Bertz CT molecular complexity index is 1280. The fourth-order valence-electron chi connectivity index (χ4n) is 3.32. The Balaban J connectivity index is 1.80. The number of hydrogen-bond donors (Lipinski definition) is 0. The molecule has 0 bridgehead atoms. The van der Waals surface area contributed by atoms with Gasteiger partial charge >= 0.3 is 0 Å². The summed E-state index contributed by atoms with van der Waals surface area (Å²) < 4.78 is 31.8. The number of pyridine rings is 1. The molecule has 0 saturated carbocycles. The minimum absolute atomic E-state index is 0.0659. The monoisotopic (exact) mass is 409 g/mol. The van der Waals surface area contributed by atoms with Crippen molar-refractivity contribution in [3.05, 3.63) is 58.6 Å². The van der Waals surface area contributed by atoms with Crippen LogP contribution < -0.4 is 14.9 Å². The quantitative estimate of drug-likeness (QED) is 0.473. The topological polar surface area (TPSA) is 79.4 Å². The zero-order valence-electron chi connectivity index (χ0n) is 16.8. The van der Waals surface area contributed by atoms with Gasteiger partial charge in [-0.3, -0.25) is 4.79 Å². The first-order chi connectivity index (χ1) is 14.5. The minimum Gasteiger partial charge on any atom is -0.493 e. The Morgan fingerprint density at radius 3 is 2.70 bits per heavy atom. The maximum absolute atomic E-state index is 13.7. The fraction of sp³-hybridized carbons (Fsp3) is 0.227. The third-order valence-electron chi connectivity index (χ3n) is 4.76. The highest BCUT2D eigenvalue weighted by Crippen LogP contribution is 2.32. The van der Waals surface area contributed by atoms with Gasteiger partial charge in [0, 0.05) is 23.7 Å². The summed E-state index contributed by atoms with van der Waals surface area (Å²) in [5.41, 5.74) is 1.14. The number of aromatic nitrogens is 3. The number of nitrogens with zero attached hydrogens (tertiary/aromatic N) is 3. The molecule has 0 spiro atoms. The van der Waals surface area contributed by atoms with E-state index in [1.165, 1.54) is 12.1 Å². The number of aryl methyl sites for hydroxylation is 1. The summed E-state index contributed by atoms with van der Waals surface area (Å²) in [6.45, 7) is 4.92. The van der Waals surface area contributed by atoms with Gasteiger partial charge in [0.05, 0.1) is 19.2 Å². The number of halogens is 1. The first-order valence-corrected chi connectivity index (χ1v) is 9.53. The third-order valence-corrected chi connectivity index (χ3v) is 4.76. The molecule has 0 saturated heterocycles. The highest BCUT2D eigenvalue weighted by Gasteiger charge is 2.18. The van der Waals surface area contributed by atoms with Crippen molar-refractivity contribution in [2.24, 2.45) is 0 Å². The second-order valence-electron chi connectivity index (χ2n) is 6.54. The molecule has 4 aromatic rings. The molecule has 4 rings (SSSR count). The summed E-state index contributed by atoms with van der Waals surface area (Å²) >= 11 is 0.